The summed E-state index contributed by atoms with van der Waals surface area (Å²) in [5.41, 5.74) is 6.67. The molecule has 3 nitrogen and oxygen atoms in total. The highest BCUT2D eigenvalue weighted by atomic mass is 16.1. The maximum absolute atomic E-state index is 12.2. The van der Waals surface area contributed by atoms with Gasteiger partial charge in [0.05, 0.1) is 0 Å². The number of hydrogen-bond acceptors (Lipinski definition) is 2. The Morgan fingerprint density at radius 2 is 1.78 bits per heavy atom. The van der Waals surface area contributed by atoms with Gasteiger partial charge in [0.2, 0.25) is 5.91 Å². The van der Waals surface area contributed by atoms with E-state index in [-0.39, 0.29) is 5.91 Å². The van der Waals surface area contributed by atoms with Crippen molar-refractivity contribution >= 4 is 5.91 Å². The molecule has 1 N–H and O–H groups in total. The second-order valence-corrected chi connectivity index (χ2v) is 8.55. The molecule has 0 aliphatic rings. The van der Waals surface area contributed by atoms with Crippen molar-refractivity contribution in [1.29, 1.82) is 0 Å². The Morgan fingerprint density at radius 1 is 1.06 bits per heavy atom. The number of allylic oxidation sites excluding steroid dienone is 2. The summed E-state index contributed by atoms with van der Waals surface area (Å²) in [6.45, 7) is 8.82. The van der Waals surface area contributed by atoms with Crippen LogP contribution in [0.3, 0.4) is 0 Å². The standard InChI is InChI=1S/C29H40N2O/c1-5-10-27(11-6-2)23-31(4)21-20-30-29(32)15-9-13-25-16-18-26(19-17-25)22-28-14-8-7-12-24(28)3/h5,7-8,10-12,14,16-19H,6,9,13,15,20-23H2,1-4H3,(H,30,32)/b10-5-,27-11+. The van der Waals surface area contributed by atoms with E-state index in [1.165, 1.54) is 27.8 Å². The molecule has 0 aliphatic carbocycles. The van der Waals surface area contributed by atoms with Gasteiger partial charge in [-0.3, -0.25) is 4.79 Å². The fourth-order valence-electron chi connectivity index (χ4n) is 3.83. The summed E-state index contributed by atoms with van der Waals surface area (Å²) in [6.07, 6.45) is 10.9. The molecule has 0 aliphatic heterocycles. The quantitative estimate of drug-likeness (QED) is 0.402. The first-order valence-corrected chi connectivity index (χ1v) is 11.9. The zero-order valence-corrected chi connectivity index (χ0v) is 20.4. The number of benzene rings is 2. The number of nitrogens with one attached hydrogen (secondary N) is 1. The van der Waals surface area contributed by atoms with Gasteiger partial charge >= 0.3 is 0 Å². The first-order valence-electron chi connectivity index (χ1n) is 11.9. The average Bonchev–Trinajstić information content (AvgIpc) is 2.77. The molecule has 2 aromatic rings. The van der Waals surface area contributed by atoms with Gasteiger partial charge in [0.15, 0.2) is 0 Å². The summed E-state index contributed by atoms with van der Waals surface area (Å²) in [5.74, 6) is 0.146. The summed E-state index contributed by atoms with van der Waals surface area (Å²) >= 11 is 0. The van der Waals surface area contributed by atoms with E-state index in [0.717, 1.165) is 38.8 Å². The largest absolute Gasteiger partial charge is 0.355 e. The van der Waals surface area contributed by atoms with Crippen molar-refractivity contribution in [3.05, 3.63) is 94.6 Å². The second-order valence-electron chi connectivity index (χ2n) is 8.55. The lowest BCUT2D eigenvalue weighted by atomic mass is 9.99. The highest BCUT2D eigenvalue weighted by Gasteiger charge is 2.05. The van der Waals surface area contributed by atoms with Crippen LogP contribution in [0.4, 0.5) is 0 Å². The van der Waals surface area contributed by atoms with Gasteiger partial charge in [-0.1, -0.05) is 73.7 Å². The summed E-state index contributed by atoms with van der Waals surface area (Å²) in [4.78, 5) is 14.4. The third-order valence-corrected chi connectivity index (χ3v) is 5.66. The molecule has 3 heteroatoms. The molecule has 0 saturated heterocycles. The number of aryl methyl sites for hydroxylation is 2. The van der Waals surface area contributed by atoms with E-state index in [4.69, 9.17) is 0 Å². The number of nitrogens with zero attached hydrogens (tertiary/aromatic N) is 1. The normalized spacial score (nSPS) is 12.0. The van der Waals surface area contributed by atoms with Crippen LogP contribution < -0.4 is 5.32 Å². The van der Waals surface area contributed by atoms with Crippen LogP contribution in [0.2, 0.25) is 0 Å². The molecule has 172 valence electrons. The Morgan fingerprint density at radius 3 is 2.47 bits per heavy atom. The molecule has 0 fully saturated rings. The highest BCUT2D eigenvalue weighted by molar-refractivity contribution is 5.75. The molecule has 0 atom stereocenters. The molecular formula is C29H40N2O. The SMILES string of the molecule is C/C=C\C(=C/CC)CN(C)CCNC(=O)CCCc1ccc(Cc2ccccc2C)cc1. The fourth-order valence-corrected chi connectivity index (χ4v) is 3.83. The maximum Gasteiger partial charge on any atom is 0.220 e. The van der Waals surface area contributed by atoms with Crippen molar-refractivity contribution in [3.63, 3.8) is 0 Å². The average molecular weight is 433 g/mol. The molecule has 1 amide bonds. The van der Waals surface area contributed by atoms with Crippen molar-refractivity contribution in [2.45, 2.75) is 52.9 Å². The van der Waals surface area contributed by atoms with Gasteiger partial charge < -0.3 is 10.2 Å². The van der Waals surface area contributed by atoms with Gasteiger partial charge in [-0.15, -0.1) is 0 Å². The molecule has 0 saturated carbocycles. The van der Waals surface area contributed by atoms with Gasteiger partial charge in [0, 0.05) is 26.1 Å². The van der Waals surface area contributed by atoms with Gasteiger partial charge in [-0.05, 0) is 74.4 Å². The highest BCUT2D eigenvalue weighted by Crippen LogP contribution is 2.15. The Balaban J connectivity index is 1.65. The zero-order valence-electron chi connectivity index (χ0n) is 20.4. The zero-order chi connectivity index (χ0) is 23.2. The molecule has 0 aromatic heterocycles. The van der Waals surface area contributed by atoms with Gasteiger partial charge in [0.25, 0.3) is 0 Å². The van der Waals surface area contributed by atoms with Crippen LogP contribution in [0.1, 0.15) is 55.4 Å². The smallest absolute Gasteiger partial charge is 0.220 e. The van der Waals surface area contributed by atoms with Crippen molar-refractivity contribution < 1.29 is 4.79 Å². The molecule has 2 rings (SSSR count). The number of amides is 1. The van der Waals surface area contributed by atoms with Crippen LogP contribution in [-0.2, 0) is 17.6 Å². The van der Waals surface area contributed by atoms with Gasteiger partial charge in [-0.2, -0.15) is 0 Å². The molecule has 2 aromatic carbocycles. The van der Waals surface area contributed by atoms with Gasteiger partial charge in [0.1, 0.15) is 0 Å². The van der Waals surface area contributed by atoms with Crippen molar-refractivity contribution in [1.82, 2.24) is 10.2 Å². The fraction of sp³-hybridized carbons (Fsp3) is 0.414. The summed E-state index contributed by atoms with van der Waals surface area (Å²) in [7, 11) is 2.10. The Hall–Kier alpha value is -2.65. The lowest BCUT2D eigenvalue weighted by molar-refractivity contribution is -0.121. The molecule has 0 bridgehead atoms. The number of likely N-dealkylation sites (N-methyl/N-ethyl adjacent to an activating group) is 1. The van der Waals surface area contributed by atoms with Crippen molar-refractivity contribution in [2.24, 2.45) is 0 Å². The lowest BCUT2D eigenvalue weighted by Gasteiger charge is -2.17. The predicted octanol–water partition coefficient (Wildman–Crippen LogP) is 5.87. The third-order valence-electron chi connectivity index (χ3n) is 5.66. The van der Waals surface area contributed by atoms with E-state index in [1.807, 2.05) is 6.92 Å². The van der Waals surface area contributed by atoms with Crippen LogP contribution in [0.5, 0.6) is 0 Å². The summed E-state index contributed by atoms with van der Waals surface area (Å²) in [6, 6.07) is 17.4. The molecule has 0 spiro atoms. The van der Waals surface area contributed by atoms with Crippen LogP contribution in [0.25, 0.3) is 0 Å². The second kappa shape index (κ2) is 14.4. The van der Waals surface area contributed by atoms with E-state index in [0.29, 0.717) is 13.0 Å². The molecule has 0 heterocycles. The molecule has 32 heavy (non-hydrogen) atoms. The minimum atomic E-state index is 0.146. The Kier molecular flexibility index (Phi) is 11.5. The minimum absolute atomic E-state index is 0.146. The van der Waals surface area contributed by atoms with Crippen LogP contribution in [-0.4, -0.2) is 37.5 Å². The number of carbonyl (C=O) groups is 1. The number of hydrogen-bond donors (Lipinski definition) is 1. The third kappa shape index (κ3) is 9.65. The van der Waals surface area contributed by atoms with E-state index in [2.05, 4.69) is 97.9 Å². The summed E-state index contributed by atoms with van der Waals surface area (Å²) < 4.78 is 0. The summed E-state index contributed by atoms with van der Waals surface area (Å²) in [5, 5.41) is 3.06. The minimum Gasteiger partial charge on any atom is -0.355 e. The van der Waals surface area contributed by atoms with Crippen molar-refractivity contribution in [2.75, 3.05) is 26.7 Å². The Labute approximate surface area is 195 Å². The topological polar surface area (TPSA) is 32.3 Å². The van der Waals surface area contributed by atoms with Crippen LogP contribution in [0.15, 0.2) is 72.3 Å². The maximum atomic E-state index is 12.2. The van der Waals surface area contributed by atoms with Crippen LogP contribution in [0, 0.1) is 6.92 Å². The molecule has 0 unspecified atom stereocenters. The monoisotopic (exact) mass is 432 g/mol. The Bertz CT molecular complexity index is 880. The predicted molar refractivity (Wildman–Crippen MR) is 137 cm³/mol. The van der Waals surface area contributed by atoms with E-state index < -0.39 is 0 Å². The first-order chi connectivity index (χ1) is 15.5. The molecular weight excluding hydrogens is 392 g/mol. The van der Waals surface area contributed by atoms with Crippen molar-refractivity contribution in [3.8, 4) is 0 Å². The van der Waals surface area contributed by atoms with E-state index in [1.54, 1.807) is 0 Å². The lowest BCUT2D eigenvalue weighted by Crippen LogP contribution is -2.33. The number of carbonyl (C=O) groups excluding carboxylic acids is 1. The number of rotatable bonds is 13. The van der Waals surface area contributed by atoms with E-state index in [9.17, 15) is 4.79 Å². The first kappa shape index (κ1) is 25.6. The van der Waals surface area contributed by atoms with Gasteiger partial charge in [-0.25, -0.2) is 0 Å². The van der Waals surface area contributed by atoms with E-state index >= 15 is 0 Å². The van der Waals surface area contributed by atoms with Crippen LogP contribution >= 0.6 is 0 Å². The molecule has 0 radical (unpaired) electrons.